The Kier molecular flexibility index (Phi) is 4.28. The maximum atomic E-state index is 6.27. The minimum absolute atomic E-state index is 0.0302. The molecule has 1 aliphatic heterocycles. The van der Waals surface area contributed by atoms with Crippen molar-refractivity contribution in [2.24, 2.45) is 5.92 Å². The average Bonchev–Trinajstić information content (AvgIpc) is 2.40. The van der Waals surface area contributed by atoms with Crippen molar-refractivity contribution < 1.29 is 4.74 Å². The molecule has 1 aromatic carbocycles. The van der Waals surface area contributed by atoms with Gasteiger partial charge in [-0.1, -0.05) is 49.0 Å². The van der Waals surface area contributed by atoms with Gasteiger partial charge in [0.2, 0.25) is 0 Å². The molecule has 0 radical (unpaired) electrons. The highest BCUT2D eigenvalue weighted by atomic mass is 35.5. The molecule has 20 heavy (non-hydrogen) atoms. The molecule has 0 bridgehead atoms. The van der Waals surface area contributed by atoms with E-state index in [1.807, 2.05) is 12.1 Å². The second-order valence-electron chi connectivity index (χ2n) is 6.33. The predicted molar refractivity (Wildman–Crippen MR) is 83.5 cm³/mol. The van der Waals surface area contributed by atoms with Crippen molar-refractivity contribution in [2.45, 2.75) is 44.2 Å². The number of morpholine rings is 1. The molecule has 0 aromatic heterocycles. The number of benzene rings is 1. The first kappa shape index (κ1) is 14.6. The summed E-state index contributed by atoms with van der Waals surface area (Å²) in [5.41, 5.74) is 1.22. The van der Waals surface area contributed by atoms with E-state index in [4.69, 9.17) is 27.9 Å². The Hall–Kier alpha value is -0.280. The molecule has 1 aliphatic carbocycles. The van der Waals surface area contributed by atoms with Gasteiger partial charge < -0.3 is 10.1 Å². The molecular weight excluding hydrogens is 293 g/mol. The van der Waals surface area contributed by atoms with Crippen molar-refractivity contribution in [1.29, 1.82) is 0 Å². The molecule has 1 aromatic rings. The molecule has 3 unspecified atom stereocenters. The molecule has 3 rings (SSSR count). The number of hydrogen-bond acceptors (Lipinski definition) is 2. The lowest BCUT2D eigenvalue weighted by atomic mass is 9.76. The maximum Gasteiger partial charge on any atom is 0.0964 e. The number of nitrogens with one attached hydrogen (secondary N) is 1. The van der Waals surface area contributed by atoms with Crippen LogP contribution in [0.25, 0.3) is 0 Å². The first-order chi connectivity index (χ1) is 9.58. The highest BCUT2D eigenvalue weighted by Gasteiger charge is 2.39. The maximum absolute atomic E-state index is 6.27. The molecule has 110 valence electrons. The molecule has 1 saturated heterocycles. The van der Waals surface area contributed by atoms with Crippen LogP contribution in [0, 0.1) is 5.92 Å². The third kappa shape index (κ3) is 2.99. The lowest BCUT2D eigenvalue weighted by Gasteiger charge is -2.45. The summed E-state index contributed by atoms with van der Waals surface area (Å²) in [6, 6.07) is 5.63. The van der Waals surface area contributed by atoms with E-state index in [1.165, 1.54) is 25.7 Å². The fourth-order valence-electron chi connectivity index (χ4n) is 3.59. The molecule has 1 heterocycles. The smallest absolute Gasteiger partial charge is 0.0964 e. The SMILES string of the molecule is CC1CCCC2(COC(c3ccc(Cl)cc3Cl)CN2)C1. The summed E-state index contributed by atoms with van der Waals surface area (Å²) in [5.74, 6) is 0.788. The van der Waals surface area contributed by atoms with E-state index in [0.717, 1.165) is 24.6 Å². The van der Waals surface area contributed by atoms with Gasteiger partial charge in [0.15, 0.2) is 0 Å². The third-order valence-electron chi connectivity index (χ3n) is 4.62. The van der Waals surface area contributed by atoms with E-state index in [2.05, 4.69) is 12.2 Å². The minimum atomic E-state index is 0.0302. The molecule has 2 fully saturated rings. The normalized spacial score (nSPS) is 34.4. The van der Waals surface area contributed by atoms with Crippen molar-refractivity contribution >= 4 is 23.2 Å². The number of ether oxygens (including phenoxy) is 1. The van der Waals surface area contributed by atoms with Gasteiger partial charge in [0.05, 0.1) is 12.7 Å². The van der Waals surface area contributed by atoms with Crippen LogP contribution in [0.3, 0.4) is 0 Å². The fourth-order valence-corrected chi connectivity index (χ4v) is 4.12. The van der Waals surface area contributed by atoms with Gasteiger partial charge in [0.1, 0.15) is 0 Å². The van der Waals surface area contributed by atoms with E-state index in [1.54, 1.807) is 6.07 Å². The third-order valence-corrected chi connectivity index (χ3v) is 5.19. The van der Waals surface area contributed by atoms with E-state index >= 15 is 0 Å². The topological polar surface area (TPSA) is 21.3 Å². The summed E-state index contributed by atoms with van der Waals surface area (Å²) in [7, 11) is 0. The van der Waals surface area contributed by atoms with E-state index < -0.39 is 0 Å². The highest BCUT2D eigenvalue weighted by molar-refractivity contribution is 6.35. The standard InChI is InChI=1S/C16H21Cl2NO/c1-11-3-2-6-16(8-11)10-20-15(9-19-16)13-5-4-12(17)7-14(13)18/h4-5,7,11,15,19H,2-3,6,8-10H2,1H3. The largest absolute Gasteiger partial charge is 0.370 e. The molecule has 0 amide bonds. The van der Waals surface area contributed by atoms with Gasteiger partial charge in [0, 0.05) is 27.7 Å². The average molecular weight is 314 g/mol. The van der Waals surface area contributed by atoms with Gasteiger partial charge in [-0.05, 0) is 30.9 Å². The molecule has 3 atom stereocenters. The van der Waals surface area contributed by atoms with Gasteiger partial charge in [-0.25, -0.2) is 0 Å². The Morgan fingerprint density at radius 2 is 2.20 bits per heavy atom. The van der Waals surface area contributed by atoms with Crippen LogP contribution < -0.4 is 5.32 Å². The molecule has 2 nitrogen and oxygen atoms in total. The van der Waals surface area contributed by atoms with Crippen molar-refractivity contribution in [3.8, 4) is 0 Å². The van der Waals surface area contributed by atoms with Crippen molar-refractivity contribution in [2.75, 3.05) is 13.2 Å². The zero-order valence-corrected chi connectivity index (χ0v) is 13.3. The van der Waals surface area contributed by atoms with Crippen LogP contribution in [0.5, 0.6) is 0 Å². The monoisotopic (exact) mass is 313 g/mol. The summed E-state index contributed by atoms with van der Waals surface area (Å²) < 4.78 is 6.14. The summed E-state index contributed by atoms with van der Waals surface area (Å²) in [6.45, 7) is 3.94. The Morgan fingerprint density at radius 3 is 2.85 bits per heavy atom. The van der Waals surface area contributed by atoms with Crippen LogP contribution in [0.15, 0.2) is 18.2 Å². The highest BCUT2D eigenvalue weighted by Crippen LogP contribution is 2.38. The van der Waals surface area contributed by atoms with Crippen molar-refractivity contribution in [3.63, 3.8) is 0 Å². The van der Waals surface area contributed by atoms with Crippen LogP contribution in [0.4, 0.5) is 0 Å². The number of halogens is 2. The molecular formula is C16H21Cl2NO. The molecule has 1 saturated carbocycles. The summed E-state index contributed by atoms with van der Waals surface area (Å²) >= 11 is 12.2. The van der Waals surface area contributed by atoms with Crippen LogP contribution in [0.2, 0.25) is 10.0 Å². The van der Waals surface area contributed by atoms with E-state index in [9.17, 15) is 0 Å². The first-order valence-corrected chi connectivity index (χ1v) is 8.15. The lowest BCUT2D eigenvalue weighted by Crippen LogP contribution is -2.57. The molecule has 1 spiro atoms. The second-order valence-corrected chi connectivity index (χ2v) is 7.17. The van der Waals surface area contributed by atoms with Gasteiger partial charge in [-0.3, -0.25) is 0 Å². The van der Waals surface area contributed by atoms with Gasteiger partial charge in [0.25, 0.3) is 0 Å². The number of hydrogen-bond donors (Lipinski definition) is 1. The van der Waals surface area contributed by atoms with Gasteiger partial charge in [-0.15, -0.1) is 0 Å². The zero-order valence-electron chi connectivity index (χ0n) is 11.8. The Balaban J connectivity index is 1.69. The Bertz CT molecular complexity index is 483. The van der Waals surface area contributed by atoms with Crippen LogP contribution in [0.1, 0.15) is 44.3 Å². The van der Waals surface area contributed by atoms with Crippen molar-refractivity contribution in [1.82, 2.24) is 5.32 Å². The fraction of sp³-hybridized carbons (Fsp3) is 0.625. The molecule has 4 heteroatoms. The Morgan fingerprint density at radius 1 is 1.35 bits per heavy atom. The second kappa shape index (κ2) is 5.84. The first-order valence-electron chi connectivity index (χ1n) is 7.40. The number of rotatable bonds is 1. The van der Waals surface area contributed by atoms with E-state index in [0.29, 0.717) is 10.0 Å². The Labute approximate surface area is 130 Å². The molecule has 2 aliphatic rings. The minimum Gasteiger partial charge on any atom is -0.370 e. The summed E-state index contributed by atoms with van der Waals surface area (Å²) in [6.07, 6.45) is 5.11. The lowest BCUT2D eigenvalue weighted by molar-refractivity contribution is -0.0526. The zero-order chi connectivity index (χ0) is 14.2. The van der Waals surface area contributed by atoms with Crippen LogP contribution in [-0.4, -0.2) is 18.7 Å². The summed E-state index contributed by atoms with van der Waals surface area (Å²) in [4.78, 5) is 0. The van der Waals surface area contributed by atoms with Crippen LogP contribution in [-0.2, 0) is 4.74 Å². The quantitative estimate of drug-likeness (QED) is 0.818. The van der Waals surface area contributed by atoms with Gasteiger partial charge >= 0.3 is 0 Å². The van der Waals surface area contributed by atoms with Crippen LogP contribution >= 0.6 is 23.2 Å². The van der Waals surface area contributed by atoms with Crippen molar-refractivity contribution in [3.05, 3.63) is 33.8 Å². The predicted octanol–water partition coefficient (Wildman–Crippen LogP) is 4.60. The van der Waals surface area contributed by atoms with E-state index in [-0.39, 0.29) is 11.6 Å². The summed E-state index contributed by atoms with van der Waals surface area (Å²) in [5, 5.41) is 5.10. The molecule has 1 N–H and O–H groups in total. The van der Waals surface area contributed by atoms with Gasteiger partial charge in [-0.2, -0.15) is 0 Å².